The Morgan fingerprint density at radius 2 is 1.54 bits per heavy atom. The van der Waals surface area contributed by atoms with Crippen molar-refractivity contribution >= 4 is 17.6 Å². The van der Waals surface area contributed by atoms with Gasteiger partial charge < -0.3 is 10.2 Å². The van der Waals surface area contributed by atoms with E-state index < -0.39 is 5.82 Å². The quantitative estimate of drug-likeness (QED) is 0.532. The highest BCUT2D eigenvalue weighted by atomic mass is 19.1. The Morgan fingerprint density at radius 3 is 2.14 bits per heavy atom. The number of halogens is 1. The minimum atomic E-state index is -0.429. The largest absolute Gasteiger partial charge is 0.352 e. The third kappa shape index (κ3) is 5.49. The summed E-state index contributed by atoms with van der Waals surface area (Å²) < 4.78 is 13.1. The summed E-state index contributed by atoms with van der Waals surface area (Å²) in [5.41, 5.74) is 0.823. The average molecular weight is 384 g/mol. The number of nitrogens with one attached hydrogen (secondary N) is 1. The molecule has 0 aliphatic heterocycles. The van der Waals surface area contributed by atoms with E-state index in [0.717, 1.165) is 0 Å². The van der Waals surface area contributed by atoms with Crippen molar-refractivity contribution in [3.63, 3.8) is 0 Å². The lowest BCUT2D eigenvalue weighted by atomic mass is 9.98. The Morgan fingerprint density at radius 1 is 0.929 bits per heavy atom. The molecule has 0 heterocycles. The molecule has 5 nitrogen and oxygen atoms in total. The molecule has 0 spiro atoms. The number of hydrogen-bond donors (Lipinski definition) is 1. The number of benzene rings is 2. The molecule has 0 atom stereocenters. The van der Waals surface area contributed by atoms with Crippen LogP contribution in [0.4, 0.5) is 4.39 Å². The number of amides is 2. The maximum absolute atomic E-state index is 13.1. The molecule has 0 aliphatic rings. The minimum absolute atomic E-state index is 0.0612. The molecule has 2 aromatic rings. The predicted octanol–water partition coefficient (Wildman–Crippen LogP) is 3.44. The van der Waals surface area contributed by atoms with Crippen LogP contribution in [0, 0.1) is 5.82 Å². The van der Waals surface area contributed by atoms with E-state index in [-0.39, 0.29) is 28.7 Å². The Kier molecular flexibility index (Phi) is 7.87. The van der Waals surface area contributed by atoms with Gasteiger partial charge in [0.2, 0.25) is 5.91 Å². The van der Waals surface area contributed by atoms with E-state index in [1.165, 1.54) is 24.3 Å². The first kappa shape index (κ1) is 21.3. The van der Waals surface area contributed by atoms with Gasteiger partial charge in [-0.05, 0) is 50.6 Å². The summed E-state index contributed by atoms with van der Waals surface area (Å²) in [6.45, 7) is 5.53. The molecule has 0 radical (unpaired) electrons. The predicted molar refractivity (Wildman–Crippen MR) is 106 cm³/mol. The number of hydrogen-bond acceptors (Lipinski definition) is 3. The topological polar surface area (TPSA) is 66.5 Å². The van der Waals surface area contributed by atoms with Gasteiger partial charge in [-0.2, -0.15) is 0 Å². The fourth-order valence-electron chi connectivity index (χ4n) is 2.91. The summed E-state index contributed by atoms with van der Waals surface area (Å²) in [6, 6.07) is 11.7. The van der Waals surface area contributed by atoms with Gasteiger partial charge in [0.1, 0.15) is 5.82 Å². The molecule has 2 aromatic carbocycles. The van der Waals surface area contributed by atoms with Crippen molar-refractivity contribution in [1.29, 1.82) is 0 Å². The molecular weight excluding hydrogens is 359 g/mol. The van der Waals surface area contributed by atoms with Crippen LogP contribution in [0.3, 0.4) is 0 Å². The van der Waals surface area contributed by atoms with Crippen LogP contribution in [-0.2, 0) is 4.79 Å². The van der Waals surface area contributed by atoms with Crippen molar-refractivity contribution in [2.45, 2.75) is 26.7 Å². The van der Waals surface area contributed by atoms with Gasteiger partial charge in [-0.25, -0.2) is 4.39 Å². The molecular formula is C22H25FN2O3. The molecule has 28 heavy (non-hydrogen) atoms. The lowest BCUT2D eigenvalue weighted by Crippen LogP contribution is -2.32. The van der Waals surface area contributed by atoms with Crippen LogP contribution in [-0.4, -0.2) is 42.1 Å². The second kappa shape index (κ2) is 10.3. The molecule has 0 saturated carbocycles. The second-order valence-electron chi connectivity index (χ2n) is 6.31. The fraction of sp³-hybridized carbons (Fsp3) is 0.318. The Bertz CT molecular complexity index is 830. The SMILES string of the molecule is CCN(CC)C(=O)CCCNC(=O)c1ccccc1C(=O)c1ccc(F)cc1. The first-order chi connectivity index (χ1) is 13.5. The van der Waals surface area contributed by atoms with E-state index in [1.54, 1.807) is 29.2 Å². The van der Waals surface area contributed by atoms with Crippen molar-refractivity contribution in [3.05, 3.63) is 71.0 Å². The Hall–Kier alpha value is -3.02. The van der Waals surface area contributed by atoms with Crippen molar-refractivity contribution < 1.29 is 18.8 Å². The molecule has 0 unspecified atom stereocenters. The third-order valence-corrected chi connectivity index (χ3v) is 4.49. The van der Waals surface area contributed by atoms with E-state index in [2.05, 4.69) is 5.32 Å². The van der Waals surface area contributed by atoms with Crippen LogP contribution in [0.5, 0.6) is 0 Å². The smallest absolute Gasteiger partial charge is 0.252 e. The van der Waals surface area contributed by atoms with Crippen LogP contribution in [0.25, 0.3) is 0 Å². The Balaban J connectivity index is 2.00. The van der Waals surface area contributed by atoms with Gasteiger partial charge in [0.05, 0.1) is 5.56 Å². The highest BCUT2D eigenvalue weighted by Crippen LogP contribution is 2.15. The molecule has 2 rings (SSSR count). The average Bonchev–Trinajstić information content (AvgIpc) is 2.72. The standard InChI is InChI=1S/C22H25FN2O3/c1-3-25(4-2)20(26)10-7-15-24-22(28)19-9-6-5-8-18(19)21(27)16-11-13-17(23)14-12-16/h5-6,8-9,11-14H,3-4,7,10,15H2,1-2H3,(H,24,28). The van der Waals surface area contributed by atoms with E-state index in [9.17, 15) is 18.8 Å². The van der Waals surface area contributed by atoms with Gasteiger partial charge in [-0.15, -0.1) is 0 Å². The summed E-state index contributed by atoms with van der Waals surface area (Å²) in [7, 11) is 0. The molecule has 0 bridgehead atoms. The van der Waals surface area contributed by atoms with Crippen LogP contribution in [0.2, 0.25) is 0 Å². The van der Waals surface area contributed by atoms with Crippen molar-refractivity contribution in [3.8, 4) is 0 Å². The number of rotatable bonds is 9. The van der Waals surface area contributed by atoms with Crippen molar-refractivity contribution in [2.24, 2.45) is 0 Å². The number of carbonyl (C=O) groups is 3. The fourth-order valence-corrected chi connectivity index (χ4v) is 2.91. The van der Waals surface area contributed by atoms with Gasteiger partial charge in [-0.1, -0.05) is 18.2 Å². The Labute approximate surface area is 164 Å². The maximum atomic E-state index is 13.1. The molecule has 0 aliphatic carbocycles. The number of carbonyl (C=O) groups excluding carboxylic acids is 3. The zero-order chi connectivity index (χ0) is 20.5. The van der Waals surface area contributed by atoms with Gasteiger partial charge in [-0.3, -0.25) is 14.4 Å². The molecule has 148 valence electrons. The van der Waals surface area contributed by atoms with Crippen LogP contribution in [0.15, 0.2) is 48.5 Å². The number of nitrogens with zero attached hydrogens (tertiary/aromatic N) is 1. The molecule has 1 N–H and O–H groups in total. The molecule has 6 heteroatoms. The first-order valence-corrected chi connectivity index (χ1v) is 9.43. The highest BCUT2D eigenvalue weighted by molar-refractivity contribution is 6.15. The minimum Gasteiger partial charge on any atom is -0.352 e. The molecule has 0 fully saturated rings. The van der Waals surface area contributed by atoms with Gasteiger partial charge in [0.25, 0.3) is 5.91 Å². The summed E-state index contributed by atoms with van der Waals surface area (Å²) in [4.78, 5) is 39.0. The maximum Gasteiger partial charge on any atom is 0.252 e. The lowest BCUT2D eigenvalue weighted by Gasteiger charge is -2.18. The zero-order valence-corrected chi connectivity index (χ0v) is 16.2. The monoisotopic (exact) mass is 384 g/mol. The van der Waals surface area contributed by atoms with Gasteiger partial charge in [0, 0.05) is 37.2 Å². The van der Waals surface area contributed by atoms with Crippen molar-refractivity contribution in [2.75, 3.05) is 19.6 Å². The molecule has 0 aromatic heterocycles. The van der Waals surface area contributed by atoms with Crippen LogP contribution >= 0.6 is 0 Å². The summed E-state index contributed by atoms with van der Waals surface area (Å²) in [6.07, 6.45) is 0.882. The van der Waals surface area contributed by atoms with Crippen LogP contribution < -0.4 is 5.32 Å². The summed E-state index contributed by atoms with van der Waals surface area (Å²) in [5.74, 6) is -1.09. The second-order valence-corrected chi connectivity index (χ2v) is 6.31. The third-order valence-electron chi connectivity index (χ3n) is 4.49. The van der Waals surface area contributed by atoms with E-state index >= 15 is 0 Å². The zero-order valence-electron chi connectivity index (χ0n) is 16.2. The number of ketones is 1. The van der Waals surface area contributed by atoms with E-state index in [0.29, 0.717) is 38.0 Å². The normalized spacial score (nSPS) is 10.4. The summed E-state index contributed by atoms with van der Waals surface area (Å²) >= 11 is 0. The van der Waals surface area contributed by atoms with Crippen LogP contribution in [0.1, 0.15) is 53.0 Å². The van der Waals surface area contributed by atoms with Gasteiger partial charge in [0.15, 0.2) is 5.78 Å². The lowest BCUT2D eigenvalue weighted by molar-refractivity contribution is -0.130. The molecule has 2 amide bonds. The molecule has 0 saturated heterocycles. The first-order valence-electron chi connectivity index (χ1n) is 9.43. The summed E-state index contributed by atoms with van der Waals surface area (Å²) in [5, 5.41) is 2.76. The van der Waals surface area contributed by atoms with E-state index in [1.807, 2.05) is 13.8 Å². The highest BCUT2D eigenvalue weighted by Gasteiger charge is 2.18. The van der Waals surface area contributed by atoms with E-state index in [4.69, 9.17) is 0 Å². The van der Waals surface area contributed by atoms with Crippen molar-refractivity contribution in [1.82, 2.24) is 10.2 Å². The van der Waals surface area contributed by atoms with Gasteiger partial charge >= 0.3 is 0 Å².